The highest BCUT2D eigenvalue weighted by atomic mass is 79.9. The zero-order valence-corrected chi connectivity index (χ0v) is 9.97. The molecule has 1 aliphatic heterocycles. The van der Waals surface area contributed by atoms with Crippen molar-refractivity contribution in [1.29, 1.82) is 0 Å². The summed E-state index contributed by atoms with van der Waals surface area (Å²) in [7, 11) is 0. The van der Waals surface area contributed by atoms with Gasteiger partial charge in [0, 0.05) is 10.9 Å². The van der Waals surface area contributed by atoms with E-state index in [-0.39, 0.29) is 0 Å². The molecule has 2 aromatic rings. The molecule has 1 aromatic heterocycles. The van der Waals surface area contributed by atoms with E-state index in [9.17, 15) is 0 Å². The number of rotatable bonds is 1. The number of fused-ring (bicyclic) bond motifs is 1. The van der Waals surface area contributed by atoms with Crippen molar-refractivity contribution in [3.05, 3.63) is 27.5 Å². The van der Waals surface area contributed by atoms with E-state index in [2.05, 4.69) is 20.9 Å². The van der Waals surface area contributed by atoms with E-state index in [0.717, 1.165) is 26.7 Å². The number of hydrogen-bond acceptors (Lipinski definition) is 4. The third-order valence-electron chi connectivity index (χ3n) is 2.14. The Morgan fingerprint density at radius 3 is 2.93 bits per heavy atom. The first-order chi connectivity index (χ1) is 7.33. The molecule has 0 N–H and O–H groups in total. The lowest BCUT2D eigenvalue weighted by molar-refractivity contribution is 0.174. The van der Waals surface area contributed by atoms with Gasteiger partial charge in [-0.1, -0.05) is 0 Å². The molecule has 0 amide bonds. The summed E-state index contributed by atoms with van der Waals surface area (Å²) in [6, 6.07) is 5.84. The Morgan fingerprint density at radius 2 is 2.13 bits per heavy atom. The van der Waals surface area contributed by atoms with Crippen LogP contribution in [0.3, 0.4) is 0 Å². The molecular weight excluding hydrogens is 278 g/mol. The Labute approximate surface area is 98.8 Å². The number of thiazole rings is 1. The summed E-state index contributed by atoms with van der Waals surface area (Å²) in [5, 5.41) is 2.00. The lowest BCUT2D eigenvalue weighted by Crippen LogP contribution is -1.92. The number of halogens is 1. The van der Waals surface area contributed by atoms with Crippen molar-refractivity contribution in [2.24, 2.45) is 0 Å². The molecule has 2 heterocycles. The van der Waals surface area contributed by atoms with Crippen LogP contribution in [0.25, 0.3) is 11.3 Å². The van der Waals surface area contributed by atoms with E-state index in [4.69, 9.17) is 9.47 Å². The van der Waals surface area contributed by atoms with Gasteiger partial charge in [0.15, 0.2) is 15.4 Å². The highest BCUT2D eigenvalue weighted by Crippen LogP contribution is 2.36. The normalized spacial score (nSPS) is 13.1. The van der Waals surface area contributed by atoms with Gasteiger partial charge in [-0.2, -0.15) is 0 Å². The number of aromatic nitrogens is 1. The second-order valence-electron chi connectivity index (χ2n) is 3.05. The maximum atomic E-state index is 5.31. The van der Waals surface area contributed by atoms with Crippen LogP contribution in [0.4, 0.5) is 0 Å². The molecule has 15 heavy (non-hydrogen) atoms. The SMILES string of the molecule is Brc1nc(-c2ccc3c(c2)OCO3)cs1. The molecule has 0 saturated carbocycles. The fourth-order valence-electron chi connectivity index (χ4n) is 1.44. The van der Waals surface area contributed by atoms with Crippen LogP contribution < -0.4 is 9.47 Å². The molecule has 0 atom stereocenters. The van der Waals surface area contributed by atoms with Gasteiger partial charge >= 0.3 is 0 Å². The summed E-state index contributed by atoms with van der Waals surface area (Å²) in [6.07, 6.45) is 0. The van der Waals surface area contributed by atoms with Gasteiger partial charge in [0.25, 0.3) is 0 Å². The molecule has 0 spiro atoms. The highest BCUT2D eigenvalue weighted by Gasteiger charge is 2.14. The Hall–Kier alpha value is -1.07. The van der Waals surface area contributed by atoms with E-state index in [0.29, 0.717) is 6.79 Å². The molecule has 0 unspecified atom stereocenters. The molecule has 0 aliphatic carbocycles. The fourth-order valence-corrected chi connectivity index (χ4v) is 2.46. The minimum atomic E-state index is 0.305. The lowest BCUT2D eigenvalue weighted by atomic mass is 10.1. The third-order valence-corrected chi connectivity index (χ3v) is 3.51. The summed E-state index contributed by atoms with van der Waals surface area (Å²) in [5.74, 6) is 1.59. The van der Waals surface area contributed by atoms with Gasteiger partial charge in [-0.05, 0) is 34.1 Å². The van der Waals surface area contributed by atoms with Crippen LogP contribution in [0.2, 0.25) is 0 Å². The number of ether oxygens (including phenoxy) is 2. The maximum absolute atomic E-state index is 5.31. The second kappa shape index (κ2) is 3.50. The monoisotopic (exact) mass is 283 g/mol. The zero-order valence-electron chi connectivity index (χ0n) is 7.57. The standard InChI is InChI=1S/C10H6BrNO2S/c11-10-12-7(4-15-10)6-1-2-8-9(3-6)14-5-13-8/h1-4H,5H2. The molecule has 3 rings (SSSR count). The molecule has 3 nitrogen and oxygen atoms in total. The first kappa shape index (κ1) is 9.18. The van der Waals surface area contributed by atoms with E-state index in [1.54, 1.807) is 11.3 Å². The van der Waals surface area contributed by atoms with Crippen LogP contribution in [0, 0.1) is 0 Å². The number of nitrogens with zero attached hydrogens (tertiary/aromatic N) is 1. The number of hydrogen-bond donors (Lipinski definition) is 0. The minimum Gasteiger partial charge on any atom is -0.454 e. The number of benzene rings is 1. The van der Waals surface area contributed by atoms with Crippen LogP contribution in [0.1, 0.15) is 0 Å². The summed E-state index contributed by atoms with van der Waals surface area (Å²) >= 11 is 4.91. The van der Waals surface area contributed by atoms with Crippen molar-refractivity contribution in [2.45, 2.75) is 0 Å². The van der Waals surface area contributed by atoms with E-state index in [1.165, 1.54) is 0 Å². The molecule has 1 aliphatic rings. The molecule has 0 radical (unpaired) electrons. The van der Waals surface area contributed by atoms with E-state index >= 15 is 0 Å². The molecule has 1 aromatic carbocycles. The van der Waals surface area contributed by atoms with Crippen molar-refractivity contribution in [3.63, 3.8) is 0 Å². The molecule has 0 fully saturated rings. The van der Waals surface area contributed by atoms with Gasteiger partial charge in [0.05, 0.1) is 5.69 Å². The smallest absolute Gasteiger partial charge is 0.231 e. The van der Waals surface area contributed by atoms with Crippen LogP contribution in [0.5, 0.6) is 11.5 Å². The van der Waals surface area contributed by atoms with Crippen LogP contribution >= 0.6 is 27.3 Å². The average molecular weight is 284 g/mol. The van der Waals surface area contributed by atoms with Gasteiger partial charge in [-0.25, -0.2) is 4.98 Å². The molecule has 76 valence electrons. The average Bonchev–Trinajstić information content (AvgIpc) is 2.84. The van der Waals surface area contributed by atoms with Gasteiger partial charge in [-0.15, -0.1) is 11.3 Å². The van der Waals surface area contributed by atoms with Crippen molar-refractivity contribution >= 4 is 27.3 Å². The lowest BCUT2D eigenvalue weighted by Gasteiger charge is -1.98. The Balaban J connectivity index is 2.06. The predicted octanol–water partition coefficient (Wildman–Crippen LogP) is 3.30. The van der Waals surface area contributed by atoms with Gasteiger partial charge < -0.3 is 9.47 Å². The summed E-state index contributed by atoms with van der Waals surface area (Å²) < 4.78 is 11.4. The molecule has 5 heteroatoms. The van der Waals surface area contributed by atoms with Gasteiger partial charge in [0.2, 0.25) is 6.79 Å². The molecule has 0 saturated heterocycles. The van der Waals surface area contributed by atoms with Crippen molar-refractivity contribution in [3.8, 4) is 22.8 Å². The van der Waals surface area contributed by atoms with Crippen molar-refractivity contribution in [2.75, 3.05) is 6.79 Å². The Bertz CT molecular complexity index is 512. The maximum Gasteiger partial charge on any atom is 0.231 e. The molecule has 0 bridgehead atoms. The van der Waals surface area contributed by atoms with Crippen LogP contribution in [-0.2, 0) is 0 Å². The van der Waals surface area contributed by atoms with Crippen LogP contribution in [0.15, 0.2) is 27.5 Å². The third kappa shape index (κ3) is 1.61. The largest absolute Gasteiger partial charge is 0.454 e. The first-order valence-corrected chi connectivity index (χ1v) is 6.01. The topological polar surface area (TPSA) is 31.4 Å². The van der Waals surface area contributed by atoms with E-state index in [1.807, 2.05) is 23.6 Å². The highest BCUT2D eigenvalue weighted by molar-refractivity contribution is 9.11. The Kier molecular flexibility index (Phi) is 2.14. The van der Waals surface area contributed by atoms with Gasteiger partial charge in [-0.3, -0.25) is 0 Å². The summed E-state index contributed by atoms with van der Waals surface area (Å²) in [4.78, 5) is 4.35. The predicted molar refractivity (Wildman–Crippen MR) is 61.4 cm³/mol. The fraction of sp³-hybridized carbons (Fsp3) is 0.100. The first-order valence-electron chi connectivity index (χ1n) is 4.34. The zero-order chi connectivity index (χ0) is 10.3. The van der Waals surface area contributed by atoms with Crippen LogP contribution in [-0.4, -0.2) is 11.8 Å². The second-order valence-corrected chi connectivity index (χ2v) is 5.19. The summed E-state index contributed by atoms with van der Waals surface area (Å²) in [6.45, 7) is 0.305. The van der Waals surface area contributed by atoms with E-state index < -0.39 is 0 Å². The quantitative estimate of drug-likeness (QED) is 0.805. The van der Waals surface area contributed by atoms with Gasteiger partial charge in [0.1, 0.15) is 0 Å². The summed E-state index contributed by atoms with van der Waals surface area (Å²) in [5.41, 5.74) is 1.99. The Morgan fingerprint density at radius 1 is 1.27 bits per heavy atom. The van der Waals surface area contributed by atoms with Crippen molar-refractivity contribution < 1.29 is 9.47 Å². The minimum absolute atomic E-state index is 0.305. The van der Waals surface area contributed by atoms with Crippen molar-refractivity contribution in [1.82, 2.24) is 4.98 Å². The molecular formula is C10H6BrNO2S.